The van der Waals surface area contributed by atoms with Crippen molar-refractivity contribution in [2.45, 2.75) is 10.6 Å². The van der Waals surface area contributed by atoms with Crippen LogP contribution in [-0.4, -0.2) is 23.4 Å². The van der Waals surface area contributed by atoms with Crippen molar-refractivity contribution in [3.05, 3.63) is 35.7 Å². The second kappa shape index (κ2) is 4.57. The fourth-order valence-electron chi connectivity index (χ4n) is 1.60. The maximum absolute atomic E-state index is 13.6. The van der Waals surface area contributed by atoms with Crippen molar-refractivity contribution < 1.29 is 17.2 Å². The van der Waals surface area contributed by atoms with Gasteiger partial charge in [0.05, 0.1) is 5.69 Å². The predicted molar refractivity (Wildman–Crippen MR) is 62.7 cm³/mol. The number of nitrogen functional groups attached to an aromatic ring is 1. The van der Waals surface area contributed by atoms with Crippen LogP contribution in [0.25, 0.3) is 0 Å². The summed E-state index contributed by atoms with van der Waals surface area (Å²) >= 11 is 0. The number of anilines is 1. The fourth-order valence-corrected chi connectivity index (χ4v) is 2.98. The Morgan fingerprint density at radius 2 is 1.89 bits per heavy atom. The van der Waals surface area contributed by atoms with Crippen LogP contribution in [-0.2, 0) is 22.6 Å². The molecule has 0 aliphatic carbocycles. The van der Waals surface area contributed by atoms with Crippen LogP contribution in [0.5, 0.6) is 0 Å². The van der Waals surface area contributed by atoms with Crippen molar-refractivity contribution >= 4 is 15.5 Å². The Balaban J connectivity index is 2.45. The quantitative estimate of drug-likeness (QED) is 0.837. The van der Waals surface area contributed by atoms with Crippen LogP contribution < -0.4 is 5.73 Å². The van der Waals surface area contributed by atoms with Gasteiger partial charge in [0.1, 0.15) is 22.3 Å². The molecule has 19 heavy (non-hydrogen) atoms. The van der Waals surface area contributed by atoms with Gasteiger partial charge in [-0.15, -0.1) is 5.10 Å². The average molecular weight is 288 g/mol. The Morgan fingerprint density at radius 1 is 1.32 bits per heavy atom. The van der Waals surface area contributed by atoms with Crippen LogP contribution in [0.2, 0.25) is 0 Å². The van der Waals surface area contributed by atoms with Crippen molar-refractivity contribution in [1.29, 1.82) is 0 Å². The number of hydrogen-bond acceptors (Lipinski definition) is 5. The molecule has 6 nitrogen and oxygen atoms in total. The average Bonchev–Trinajstić information content (AvgIpc) is 2.60. The van der Waals surface area contributed by atoms with Gasteiger partial charge in [-0.3, -0.25) is 4.68 Å². The predicted octanol–water partition coefficient (Wildman–Crippen LogP) is 0.649. The highest BCUT2D eigenvalue weighted by molar-refractivity contribution is 7.90. The monoisotopic (exact) mass is 288 g/mol. The van der Waals surface area contributed by atoms with E-state index < -0.39 is 32.1 Å². The number of aryl methyl sites for hydroxylation is 1. The maximum atomic E-state index is 13.6. The minimum Gasteiger partial charge on any atom is -0.399 e. The van der Waals surface area contributed by atoms with Crippen molar-refractivity contribution in [2.24, 2.45) is 7.05 Å². The molecule has 9 heteroatoms. The molecule has 0 aliphatic rings. The van der Waals surface area contributed by atoms with Gasteiger partial charge in [0, 0.05) is 18.9 Å². The first kappa shape index (κ1) is 13.4. The highest BCUT2D eigenvalue weighted by Gasteiger charge is 2.26. The Labute approximate surface area is 107 Å². The van der Waals surface area contributed by atoms with Gasteiger partial charge in [0.15, 0.2) is 9.84 Å². The zero-order valence-electron chi connectivity index (χ0n) is 9.84. The van der Waals surface area contributed by atoms with Crippen molar-refractivity contribution in [3.63, 3.8) is 0 Å². The zero-order valence-corrected chi connectivity index (χ0v) is 10.7. The number of rotatable bonds is 3. The van der Waals surface area contributed by atoms with Gasteiger partial charge in [-0.25, -0.2) is 17.2 Å². The van der Waals surface area contributed by atoms with E-state index in [1.165, 1.54) is 10.9 Å². The molecule has 0 unspecified atom stereocenters. The Kier molecular flexibility index (Phi) is 3.23. The number of halogens is 2. The zero-order chi connectivity index (χ0) is 14.2. The molecule has 2 aromatic rings. The molecular weight excluding hydrogens is 278 g/mol. The Morgan fingerprint density at radius 3 is 2.37 bits per heavy atom. The molecule has 0 amide bonds. The summed E-state index contributed by atoms with van der Waals surface area (Å²) < 4.78 is 52.4. The minimum absolute atomic E-state index is 0.0955. The van der Waals surface area contributed by atoms with Gasteiger partial charge in [0.2, 0.25) is 0 Å². The number of benzene rings is 1. The minimum atomic E-state index is -4.20. The first-order chi connectivity index (χ1) is 8.79. The molecule has 1 aromatic heterocycles. The second-order valence-corrected chi connectivity index (χ2v) is 5.88. The molecule has 0 fully saturated rings. The molecule has 0 saturated carbocycles. The van der Waals surface area contributed by atoms with E-state index in [0.717, 1.165) is 12.1 Å². The van der Waals surface area contributed by atoms with Crippen molar-refractivity contribution in [3.8, 4) is 0 Å². The lowest BCUT2D eigenvalue weighted by Crippen LogP contribution is -2.11. The summed E-state index contributed by atoms with van der Waals surface area (Å²) in [6, 6.07) is 1.51. The summed E-state index contributed by atoms with van der Waals surface area (Å²) in [5, 5.41) is 7.12. The van der Waals surface area contributed by atoms with Gasteiger partial charge in [-0.1, -0.05) is 5.21 Å². The molecule has 0 aliphatic heterocycles. The van der Waals surface area contributed by atoms with Crippen LogP contribution >= 0.6 is 0 Å². The molecule has 0 atom stereocenters. The van der Waals surface area contributed by atoms with Crippen LogP contribution in [0.3, 0.4) is 0 Å². The SMILES string of the molecule is Cn1cc(CS(=O)(=O)c2c(F)cc(N)cc2F)nn1. The smallest absolute Gasteiger partial charge is 0.190 e. The number of aromatic nitrogens is 3. The Hall–Kier alpha value is -2.03. The third kappa shape index (κ3) is 2.70. The summed E-state index contributed by atoms with van der Waals surface area (Å²) in [5.74, 6) is -3.08. The molecule has 0 spiro atoms. The normalized spacial score (nSPS) is 11.7. The van der Waals surface area contributed by atoms with Crippen LogP contribution in [0.1, 0.15) is 5.69 Å². The highest BCUT2D eigenvalue weighted by atomic mass is 32.2. The molecule has 0 radical (unpaired) electrons. The first-order valence-electron chi connectivity index (χ1n) is 5.12. The van der Waals surface area contributed by atoms with Crippen LogP contribution in [0, 0.1) is 11.6 Å². The van der Waals surface area contributed by atoms with E-state index in [0.29, 0.717) is 0 Å². The van der Waals surface area contributed by atoms with E-state index in [9.17, 15) is 17.2 Å². The lowest BCUT2D eigenvalue weighted by Gasteiger charge is -2.06. The van der Waals surface area contributed by atoms with E-state index in [-0.39, 0.29) is 11.4 Å². The molecule has 1 heterocycles. The molecule has 0 saturated heterocycles. The van der Waals surface area contributed by atoms with Gasteiger partial charge in [-0.2, -0.15) is 0 Å². The topological polar surface area (TPSA) is 90.9 Å². The summed E-state index contributed by atoms with van der Waals surface area (Å²) in [6.45, 7) is 0. The Bertz CT molecular complexity index is 704. The summed E-state index contributed by atoms with van der Waals surface area (Å²) in [4.78, 5) is -1.01. The summed E-state index contributed by atoms with van der Waals surface area (Å²) in [5.41, 5.74) is 5.14. The summed E-state index contributed by atoms with van der Waals surface area (Å²) in [6.07, 6.45) is 1.35. The lowest BCUT2D eigenvalue weighted by molar-refractivity contribution is 0.519. The second-order valence-electron chi connectivity index (χ2n) is 3.96. The fraction of sp³-hybridized carbons (Fsp3) is 0.200. The molecule has 2 N–H and O–H groups in total. The van der Waals surface area contributed by atoms with E-state index in [1.54, 1.807) is 7.05 Å². The number of nitrogens with zero attached hydrogens (tertiary/aromatic N) is 3. The number of nitrogens with two attached hydrogens (primary N) is 1. The molecule has 2 rings (SSSR count). The molecule has 102 valence electrons. The van der Waals surface area contributed by atoms with Crippen molar-refractivity contribution in [1.82, 2.24) is 15.0 Å². The molecule has 1 aromatic carbocycles. The first-order valence-corrected chi connectivity index (χ1v) is 6.77. The summed E-state index contributed by atoms with van der Waals surface area (Å²) in [7, 11) is -2.65. The van der Waals surface area contributed by atoms with E-state index in [4.69, 9.17) is 5.73 Å². The largest absolute Gasteiger partial charge is 0.399 e. The van der Waals surface area contributed by atoms with E-state index >= 15 is 0 Å². The third-order valence-corrected chi connectivity index (χ3v) is 4.01. The molecule has 0 bridgehead atoms. The highest BCUT2D eigenvalue weighted by Crippen LogP contribution is 2.24. The lowest BCUT2D eigenvalue weighted by atomic mass is 10.3. The van der Waals surface area contributed by atoms with Crippen LogP contribution in [0.4, 0.5) is 14.5 Å². The van der Waals surface area contributed by atoms with Crippen molar-refractivity contribution in [2.75, 3.05) is 5.73 Å². The van der Waals surface area contributed by atoms with Crippen LogP contribution in [0.15, 0.2) is 23.2 Å². The molecular formula is C10H10F2N4O2S. The van der Waals surface area contributed by atoms with E-state index in [2.05, 4.69) is 10.3 Å². The van der Waals surface area contributed by atoms with Gasteiger partial charge in [-0.05, 0) is 12.1 Å². The standard InChI is InChI=1S/C10H10F2N4O2S/c1-16-4-7(14-15-16)5-19(17,18)10-8(11)2-6(13)3-9(10)12/h2-4H,5,13H2,1H3. The van der Waals surface area contributed by atoms with Gasteiger partial charge in [0.25, 0.3) is 0 Å². The number of sulfone groups is 1. The third-order valence-electron chi connectivity index (χ3n) is 2.32. The van der Waals surface area contributed by atoms with Gasteiger partial charge >= 0.3 is 0 Å². The van der Waals surface area contributed by atoms with E-state index in [1.807, 2.05) is 0 Å². The maximum Gasteiger partial charge on any atom is 0.190 e. The van der Waals surface area contributed by atoms with Gasteiger partial charge < -0.3 is 5.73 Å². The number of hydrogen-bond donors (Lipinski definition) is 1.